The van der Waals surface area contributed by atoms with Crippen molar-refractivity contribution in [2.75, 3.05) is 13.1 Å². The fraction of sp³-hybridized carbons (Fsp3) is 0.941. The molecule has 0 aromatic carbocycles. The van der Waals surface area contributed by atoms with Crippen LogP contribution in [0.1, 0.15) is 59.3 Å². The summed E-state index contributed by atoms with van der Waals surface area (Å²) in [5.41, 5.74) is 5.52. The van der Waals surface area contributed by atoms with Gasteiger partial charge in [-0.15, -0.1) is 0 Å². The number of carbonyl (C=O) groups excluding carboxylic acids is 1. The van der Waals surface area contributed by atoms with E-state index in [-0.39, 0.29) is 24.2 Å². The van der Waals surface area contributed by atoms with Crippen LogP contribution in [0.5, 0.6) is 0 Å². The molecule has 3 rings (SSSR count). The zero-order chi connectivity index (χ0) is 19.1. The van der Waals surface area contributed by atoms with Gasteiger partial charge in [0.05, 0.1) is 0 Å². The molecule has 2 bridgehead atoms. The van der Waals surface area contributed by atoms with Crippen LogP contribution in [0.15, 0.2) is 0 Å². The number of rotatable bonds is 3. The van der Waals surface area contributed by atoms with Crippen molar-refractivity contribution >= 4 is 16.3 Å². The second-order valence-corrected chi connectivity index (χ2v) is 10.6. The molecule has 3 N–H and O–H groups in total. The highest BCUT2D eigenvalue weighted by Crippen LogP contribution is 2.38. The van der Waals surface area contributed by atoms with Crippen LogP contribution in [0, 0.1) is 0 Å². The van der Waals surface area contributed by atoms with Gasteiger partial charge in [0.25, 0.3) is 10.2 Å². The fourth-order valence-electron chi connectivity index (χ4n) is 4.39. The molecule has 3 saturated heterocycles. The molecule has 3 aliphatic rings. The van der Waals surface area contributed by atoms with Crippen LogP contribution in [-0.4, -0.2) is 66.0 Å². The van der Waals surface area contributed by atoms with Crippen molar-refractivity contribution in [2.24, 2.45) is 5.73 Å². The van der Waals surface area contributed by atoms with Crippen molar-refractivity contribution in [2.45, 2.75) is 89.1 Å². The van der Waals surface area contributed by atoms with Crippen LogP contribution in [-0.2, 0) is 14.9 Å². The number of fused-ring (bicyclic) bond motifs is 2. The molecular weight excluding hydrogens is 356 g/mol. The molecule has 0 aromatic rings. The van der Waals surface area contributed by atoms with E-state index < -0.39 is 21.9 Å². The Balaban J connectivity index is 1.55. The summed E-state index contributed by atoms with van der Waals surface area (Å²) in [6.07, 6.45) is 4.09. The molecule has 26 heavy (non-hydrogen) atoms. The van der Waals surface area contributed by atoms with Crippen LogP contribution < -0.4 is 11.1 Å². The van der Waals surface area contributed by atoms with E-state index in [0.29, 0.717) is 25.9 Å². The highest BCUT2D eigenvalue weighted by Gasteiger charge is 2.48. The number of amides is 1. The zero-order valence-corrected chi connectivity index (χ0v) is 16.8. The predicted octanol–water partition coefficient (Wildman–Crippen LogP) is 1.17. The highest BCUT2D eigenvalue weighted by molar-refractivity contribution is 7.86. The minimum atomic E-state index is -3.46. The third-order valence-electron chi connectivity index (χ3n) is 5.47. The average molecular weight is 389 g/mol. The first-order valence-corrected chi connectivity index (χ1v) is 11.0. The summed E-state index contributed by atoms with van der Waals surface area (Å²) in [6.45, 7) is 6.30. The number of carbonyl (C=O) groups is 1. The maximum Gasteiger partial charge on any atom is 0.407 e. The molecule has 0 saturated carbocycles. The van der Waals surface area contributed by atoms with Gasteiger partial charge in [0.15, 0.2) is 0 Å². The Labute approximate surface area is 156 Å². The Morgan fingerprint density at radius 1 is 1.08 bits per heavy atom. The number of hydrogen-bond donors (Lipinski definition) is 2. The predicted molar refractivity (Wildman–Crippen MR) is 98.7 cm³/mol. The fourth-order valence-corrected chi connectivity index (χ4v) is 6.47. The molecule has 3 fully saturated rings. The lowest BCUT2D eigenvalue weighted by Gasteiger charge is -2.41. The molecule has 3 heterocycles. The lowest BCUT2D eigenvalue weighted by atomic mass is 10.0. The first-order valence-electron chi connectivity index (χ1n) is 9.60. The standard InChI is InChI=1S/C17H32N4O4S/c1-17(2,3)25-16(22)19-13-6-8-20(9-7-13)26(23,24)21-14-4-5-15(21)11-12(18)10-14/h12-15H,4-11,18H2,1-3H3,(H,19,22)/t12?,14-,15+. The number of hydrogen-bond acceptors (Lipinski definition) is 5. The SMILES string of the molecule is CC(C)(C)OC(=O)NC1CCN(S(=O)(=O)N2[C@@H]3CC[C@H]2CC(N)C3)CC1. The van der Waals surface area contributed by atoms with Crippen LogP contribution in [0.3, 0.4) is 0 Å². The van der Waals surface area contributed by atoms with E-state index in [1.165, 1.54) is 0 Å². The summed E-state index contributed by atoms with van der Waals surface area (Å²) >= 11 is 0. The summed E-state index contributed by atoms with van der Waals surface area (Å²) in [5.74, 6) is 0. The monoisotopic (exact) mass is 388 g/mol. The van der Waals surface area contributed by atoms with Crippen LogP contribution in [0.2, 0.25) is 0 Å². The van der Waals surface area contributed by atoms with Gasteiger partial charge >= 0.3 is 6.09 Å². The molecule has 9 heteroatoms. The minimum Gasteiger partial charge on any atom is -0.444 e. The molecular formula is C17H32N4O4S. The van der Waals surface area contributed by atoms with Gasteiger partial charge in [-0.05, 0) is 59.3 Å². The lowest BCUT2D eigenvalue weighted by Crippen LogP contribution is -2.57. The van der Waals surface area contributed by atoms with Crippen molar-refractivity contribution in [3.05, 3.63) is 0 Å². The number of alkyl carbamates (subject to hydrolysis) is 1. The minimum absolute atomic E-state index is 0.0476. The van der Waals surface area contributed by atoms with Gasteiger partial charge in [0.1, 0.15) is 5.60 Å². The summed E-state index contributed by atoms with van der Waals surface area (Å²) in [4.78, 5) is 11.9. The van der Waals surface area contributed by atoms with Crippen LogP contribution in [0.4, 0.5) is 4.79 Å². The van der Waals surface area contributed by atoms with E-state index >= 15 is 0 Å². The van der Waals surface area contributed by atoms with E-state index in [0.717, 1.165) is 25.7 Å². The van der Waals surface area contributed by atoms with Gasteiger partial charge in [-0.1, -0.05) is 0 Å². The Kier molecular flexibility index (Phi) is 5.54. The Bertz CT molecular complexity index is 611. The first-order chi connectivity index (χ1) is 12.1. The maximum atomic E-state index is 13.1. The van der Waals surface area contributed by atoms with E-state index in [9.17, 15) is 13.2 Å². The van der Waals surface area contributed by atoms with Crippen molar-refractivity contribution in [1.82, 2.24) is 13.9 Å². The number of piperidine rings is 2. The average Bonchev–Trinajstić information content (AvgIpc) is 2.79. The van der Waals surface area contributed by atoms with E-state index in [4.69, 9.17) is 10.5 Å². The van der Waals surface area contributed by atoms with Gasteiger partial charge in [-0.25, -0.2) is 4.79 Å². The quantitative estimate of drug-likeness (QED) is 0.755. The van der Waals surface area contributed by atoms with Gasteiger partial charge in [-0.2, -0.15) is 17.0 Å². The molecule has 3 atom stereocenters. The summed E-state index contributed by atoms with van der Waals surface area (Å²) < 4.78 is 34.8. The Morgan fingerprint density at radius 3 is 2.12 bits per heavy atom. The molecule has 1 amide bonds. The molecule has 150 valence electrons. The smallest absolute Gasteiger partial charge is 0.407 e. The van der Waals surface area contributed by atoms with Crippen molar-refractivity contribution in [3.63, 3.8) is 0 Å². The van der Waals surface area contributed by atoms with Crippen molar-refractivity contribution in [1.29, 1.82) is 0 Å². The topological polar surface area (TPSA) is 105 Å². The van der Waals surface area contributed by atoms with Gasteiger partial charge in [0.2, 0.25) is 0 Å². The van der Waals surface area contributed by atoms with Gasteiger partial charge in [-0.3, -0.25) is 0 Å². The first kappa shape index (κ1) is 19.9. The third-order valence-corrected chi connectivity index (χ3v) is 7.62. The maximum absolute atomic E-state index is 13.1. The van der Waals surface area contributed by atoms with E-state index in [1.54, 1.807) is 8.61 Å². The summed E-state index contributed by atoms with van der Waals surface area (Å²) in [5, 5.41) is 2.85. The third kappa shape index (κ3) is 4.32. The van der Waals surface area contributed by atoms with Crippen LogP contribution >= 0.6 is 0 Å². The van der Waals surface area contributed by atoms with Crippen LogP contribution in [0.25, 0.3) is 0 Å². The molecule has 0 aliphatic carbocycles. The largest absolute Gasteiger partial charge is 0.444 e. The zero-order valence-electron chi connectivity index (χ0n) is 16.0. The van der Waals surface area contributed by atoms with Crippen molar-refractivity contribution in [3.8, 4) is 0 Å². The Hall–Kier alpha value is -0.900. The lowest BCUT2D eigenvalue weighted by molar-refractivity contribution is 0.0489. The molecule has 1 unspecified atom stereocenters. The van der Waals surface area contributed by atoms with Gasteiger partial charge in [0, 0.05) is 37.3 Å². The normalized spacial score (nSPS) is 31.8. The van der Waals surface area contributed by atoms with E-state index in [1.807, 2.05) is 20.8 Å². The number of nitrogens with one attached hydrogen (secondary N) is 1. The van der Waals surface area contributed by atoms with Crippen molar-refractivity contribution < 1.29 is 17.9 Å². The molecule has 0 spiro atoms. The molecule has 8 nitrogen and oxygen atoms in total. The second-order valence-electron chi connectivity index (χ2n) is 8.77. The summed E-state index contributed by atoms with van der Waals surface area (Å²) in [7, 11) is -3.46. The number of nitrogens with zero attached hydrogens (tertiary/aromatic N) is 2. The second kappa shape index (κ2) is 7.26. The molecule has 0 radical (unpaired) electrons. The molecule has 0 aromatic heterocycles. The highest BCUT2D eigenvalue weighted by atomic mass is 32.2. The number of nitrogens with two attached hydrogens (primary N) is 1. The Morgan fingerprint density at radius 2 is 1.62 bits per heavy atom. The van der Waals surface area contributed by atoms with Gasteiger partial charge < -0.3 is 15.8 Å². The number of ether oxygens (including phenoxy) is 1. The van der Waals surface area contributed by atoms with E-state index in [2.05, 4.69) is 5.32 Å². The summed E-state index contributed by atoms with van der Waals surface area (Å²) in [6, 6.07) is 0.156. The molecule has 3 aliphatic heterocycles.